The number of nitrogens with two attached hydrogens (primary N) is 1. The molecule has 0 aromatic rings. The Labute approximate surface area is 107 Å². The highest BCUT2D eigenvalue weighted by atomic mass is 32.2. The van der Waals surface area contributed by atoms with E-state index < -0.39 is 26.3 Å². The molecule has 18 heavy (non-hydrogen) atoms. The number of carbonyl (C=O) groups is 1. The number of hydrogen-bond acceptors (Lipinski definition) is 5. The molecule has 0 aromatic carbocycles. The van der Waals surface area contributed by atoms with Crippen LogP contribution in [0, 0.1) is 0 Å². The molecular formula is C11H20N2O4S. The van der Waals surface area contributed by atoms with Crippen molar-refractivity contribution in [3.8, 4) is 0 Å². The van der Waals surface area contributed by atoms with Gasteiger partial charge in [-0.25, -0.2) is 13.2 Å². The summed E-state index contributed by atoms with van der Waals surface area (Å²) in [6, 6.07) is -0.374. The molecule has 2 aliphatic heterocycles. The summed E-state index contributed by atoms with van der Waals surface area (Å²) < 4.78 is 28.2. The number of carbonyl (C=O) groups excluding carboxylic acids is 1. The second-order valence-electron chi connectivity index (χ2n) is 6.12. The predicted octanol–water partition coefficient (Wildman–Crippen LogP) is 0.122. The molecule has 1 atom stereocenters. The summed E-state index contributed by atoms with van der Waals surface area (Å²) in [7, 11) is -3.18. The monoisotopic (exact) mass is 276 g/mol. The molecule has 2 aliphatic rings. The maximum Gasteiger partial charge on any atom is 0.410 e. The van der Waals surface area contributed by atoms with Crippen LogP contribution in [-0.4, -0.2) is 54.6 Å². The van der Waals surface area contributed by atoms with Gasteiger partial charge in [-0.05, 0) is 27.2 Å². The maximum absolute atomic E-state index is 12.0. The first-order chi connectivity index (χ1) is 8.07. The molecule has 1 amide bonds. The van der Waals surface area contributed by atoms with Gasteiger partial charge in [0.25, 0.3) is 0 Å². The molecular weight excluding hydrogens is 256 g/mol. The van der Waals surface area contributed by atoms with Gasteiger partial charge in [0.2, 0.25) is 0 Å². The molecule has 2 rings (SSSR count). The third-order valence-electron chi connectivity index (χ3n) is 3.56. The Morgan fingerprint density at radius 1 is 1.39 bits per heavy atom. The van der Waals surface area contributed by atoms with Crippen LogP contribution in [0.2, 0.25) is 0 Å². The fourth-order valence-corrected chi connectivity index (χ4v) is 4.72. The zero-order valence-corrected chi connectivity index (χ0v) is 11.8. The van der Waals surface area contributed by atoms with Gasteiger partial charge in [-0.2, -0.15) is 0 Å². The third-order valence-corrected chi connectivity index (χ3v) is 6.13. The van der Waals surface area contributed by atoms with Crippen LogP contribution in [0.25, 0.3) is 0 Å². The molecule has 0 saturated carbocycles. The van der Waals surface area contributed by atoms with Crippen LogP contribution >= 0.6 is 0 Å². The molecule has 0 unspecified atom stereocenters. The zero-order valence-electron chi connectivity index (χ0n) is 11.0. The number of likely N-dealkylation sites (tertiary alicyclic amines) is 1. The second kappa shape index (κ2) is 3.84. The molecule has 0 aliphatic carbocycles. The fraction of sp³-hybridized carbons (Fsp3) is 0.909. The van der Waals surface area contributed by atoms with Gasteiger partial charge in [-0.3, -0.25) is 0 Å². The summed E-state index contributed by atoms with van der Waals surface area (Å²) in [6.07, 6.45) is 0.00670. The first kappa shape index (κ1) is 13.6. The molecule has 6 nitrogen and oxygen atoms in total. The molecule has 104 valence electrons. The van der Waals surface area contributed by atoms with Gasteiger partial charge in [0.15, 0.2) is 9.84 Å². The average Bonchev–Trinajstić information content (AvgIpc) is 2.31. The molecule has 2 fully saturated rings. The number of sulfone groups is 1. The Hall–Kier alpha value is -0.820. The first-order valence-electron chi connectivity index (χ1n) is 6.03. The van der Waals surface area contributed by atoms with E-state index in [0.29, 0.717) is 6.42 Å². The Bertz CT molecular complexity index is 460. The molecule has 2 heterocycles. The van der Waals surface area contributed by atoms with E-state index in [0.717, 1.165) is 0 Å². The van der Waals surface area contributed by atoms with Crippen LogP contribution in [0.15, 0.2) is 0 Å². The van der Waals surface area contributed by atoms with Crippen LogP contribution in [0.4, 0.5) is 4.79 Å². The van der Waals surface area contributed by atoms with Gasteiger partial charge in [-0.1, -0.05) is 0 Å². The normalized spacial score (nSPS) is 29.1. The second-order valence-corrected chi connectivity index (χ2v) is 8.57. The van der Waals surface area contributed by atoms with Crippen LogP contribution in [-0.2, 0) is 14.6 Å². The summed E-state index contributed by atoms with van der Waals surface area (Å²) in [5.41, 5.74) is 5.31. The molecule has 0 radical (unpaired) electrons. The zero-order chi connectivity index (χ0) is 13.8. The van der Waals surface area contributed by atoms with E-state index in [1.807, 2.05) is 0 Å². The van der Waals surface area contributed by atoms with Gasteiger partial charge >= 0.3 is 6.09 Å². The van der Waals surface area contributed by atoms with Crippen molar-refractivity contribution in [3.63, 3.8) is 0 Å². The minimum absolute atomic E-state index is 0.121. The lowest BCUT2D eigenvalue weighted by Gasteiger charge is -2.48. The standard InChI is InChI=1S/C11H20N2O4S/c1-10(2,3)17-9(14)13-6-11(7-13)8(12)4-5-18(11,15)16/h8H,4-7,12H2,1-3H3/t8-/m1/s1. The summed E-state index contributed by atoms with van der Waals surface area (Å²) >= 11 is 0. The Balaban J connectivity index is 2.04. The van der Waals surface area contributed by atoms with E-state index in [1.54, 1.807) is 20.8 Å². The van der Waals surface area contributed by atoms with E-state index in [9.17, 15) is 13.2 Å². The molecule has 7 heteroatoms. The first-order valence-corrected chi connectivity index (χ1v) is 7.68. The van der Waals surface area contributed by atoms with E-state index in [1.165, 1.54) is 4.90 Å². The number of amides is 1. The van der Waals surface area contributed by atoms with Gasteiger partial charge in [0.05, 0.1) is 5.75 Å². The summed E-state index contributed by atoms with van der Waals surface area (Å²) in [5, 5.41) is 0. The van der Waals surface area contributed by atoms with Crippen molar-refractivity contribution < 1.29 is 17.9 Å². The van der Waals surface area contributed by atoms with Crippen LogP contribution in [0.1, 0.15) is 27.2 Å². The quantitative estimate of drug-likeness (QED) is 0.679. The number of rotatable bonds is 0. The predicted molar refractivity (Wildman–Crippen MR) is 66.9 cm³/mol. The summed E-state index contributed by atoms with van der Waals surface area (Å²) in [5.74, 6) is 0.121. The summed E-state index contributed by atoms with van der Waals surface area (Å²) in [4.78, 5) is 13.2. The molecule has 0 bridgehead atoms. The van der Waals surface area contributed by atoms with Crippen LogP contribution in [0.5, 0.6) is 0 Å². The molecule has 0 aromatic heterocycles. The Morgan fingerprint density at radius 3 is 2.33 bits per heavy atom. The smallest absolute Gasteiger partial charge is 0.410 e. The lowest BCUT2D eigenvalue weighted by molar-refractivity contribution is 0.00179. The van der Waals surface area contributed by atoms with Crippen molar-refractivity contribution >= 4 is 15.9 Å². The third kappa shape index (κ3) is 1.99. The number of nitrogens with zero attached hydrogens (tertiary/aromatic N) is 1. The largest absolute Gasteiger partial charge is 0.444 e. The van der Waals surface area contributed by atoms with Crippen LogP contribution in [0.3, 0.4) is 0 Å². The maximum atomic E-state index is 12.0. The van der Waals surface area contributed by atoms with Crippen molar-refractivity contribution in [2.24, 2.45) is 5.73 Å². The lowest BCUT2D eigenvalue weighted by Crippen LogP contribution is -2.71. The van der Waals surface area contributed by atoms with E-state index >= 15 is 0 Å². The topological polar surface area (TPSA) is 89.7 Å². The van der Waals surface area contributed by atoms with Crippen molar-refractivity contribution in [3.05, 3.63) is 0 Å². The molecule has 2 saturated heterocycles. The van der Waals surface area contributed by atoms with Crippen molar-refractivity contribution in [1.82, 2.24) is 4.90 Å². The van der Waals surface area contributed by atoms with E-state index in [2.05, 4.69) is 0 Å². The summed E-state index contributed by atoms with van der Waals surface area (Å²) in [6.45, 7) is 5.65. The SMILES string of the molecule is CC(C)(C)OC(=O)N1CC2(C1)[C@H](N)CCS2(=O)=O. The minimum Gasteiger partial charge on any atom is -0.444 e. The van der Waals surface area contributed by atoms with E-state index in [4.69, 9.17) is 10.5 Å². The van der Waals surface area contributed by atoms with Crippen molar-refractivity contribution in [1.29, 1.82) is 0 Å². The minimum atomic E-state index is -3.18. The van der Waals surface area contributed by atoms with Gasteiger partial charge in [-0.15, -0.1) is 0 Å². The fourth-order valence-electron chi connectivity index (χ4n) is 2.47. The highest BCUT2D eigenvalue weighted by molar-refractivity contribution is 7.93. The highest BCUT2D eigenvalue weighted by Crippen LogP contribution is 2.39. The Morgan fingerprint density at radius 2 is 1.94 bits per heavy atom. The van der Waals surface area contributed by atoms with Crippen molar-refractivity contribution in [2.75, 3.05) is 18.8 Å². The lowest BCUT2D eigenvalue weighted by atomic mass is 9.90. The van der Waals surface area contributed by atoms with Crippen LogP contribution < -0.4 is 5.73 Å². The molecule has 2 N–H and O–H groups in total. The molecule has 1 spiro atoms. The Kier molecular flexibility index (Phi) is 2.90. The highest BCUT2D eigenvalue weighted by Gasteiger charge is 2.62. The average molecular weight is 276 g/mol. The van der Waals surface area contributed by atoms with Gasteiger partial charge in [0.1, 0.15) is 10.3 Å². The van der Waals surface area contributed by atoms with Gasteiger partial charge < -0.3 is 15.4 Å². The number of ether oxygens (including phenoxy) is 1. The van der Waals surface area contributed by atoms with Gasteiger partial charge in [0, 0.05) is 19.1 Å². The van der Waals surface area contributed by atoms with E-state index in [-0.39, 0.29) is 24.9 Å². The van der Waals surface area contributed by atoms with Crippen molar-refractivity contribution in [2.45, 2.75) is 43.6 Å². The number of hydrogen-bond donors (Lipinski definition) is 1.